The fourth-order valence-electron chi connectivity index (χ4n) is 2.03. The van der Waals surface area contributed by atoms with Gasteiger partial charge in [0.15, 0.2) is 0 Å². The van der Waals surface area contributed by atoms with Crippen molar-refractivity contribution in [3.63, 3.8) is 0 Å². The van der Waals surface area contributed by atoms with Crippen LogP contribution in [-0.2, 0) is 6.42 Å². The summed E-state index contributed by atoms with van der Waals surface area (Å²) in [6.07, 6.45) is 0.853. The summed E-state index contributed by atoms with van der Waals surface area (Å²) in [5, 5.41) is 0. The van der Waals surface area contributed by atoms with E-state index in [0.29, 0.717) is 0 Å². The van der Waals surface area contributed by atoms with Crippen molar-refractivity contribution in [2.45, 2.75) is 19.4 Å². The van der Waals surface area contributed by atoms with Gasteiger partial charge < -0.3 is 10.6 Å². The molecule has 0 amide bonds. The summed E-state index contributed by atoms with van der Waals surface area (Å²) in [6.45, 7) is 3.77. The number of benzene rings is 1. The van der Waals surface area contributed by atoms with Gasteiger partial charge in [-0.1, -0.05) is 6.07 Å². The predicted octanol–water partition coefficient (Wildman–Crippen LogP) is 1.54. The van der Waals surface area contributed by atoms with Gasteiger partial charge in [0.25, 0.3) is 0 Å². The van der Waals surface area contributed by atoms with Gasteiger partial charge in [-0.2, -0.15) is 0 Å². The van der Waals surface area contributed by atoms with E-state index in [4.69, 9.17) is 5.73 Å². The summed E-state index contributed by atoms with van der Waals surface area (Å²) in [5.74, 6) is -0.169. The van der Waals surface area contributed by atoms with Crippen molar-refractivity contribution in [3.8, 4) is 0 Å². The van der Waals surface area contributed by atoms with Gasteiger partial charge in [0, 0.05) is 24.8 Å². The van der Waals surface area contributed by atoms with Gasteiger partial charge in [0.2, 0.25) is 0 Å². The lowest BCUT2D eigenvalue weighted by Gasteiger charge is -2.33. The van der Waals surface area contributed by atoms with Crippen molar-refractivity contribution >= 4 is 5.69 Å². The lowest BCUT2D eigenvalue weighted by Crippen LogP contribution is -2.43. The summed E-state index contributed by atoms with van der Waals surface area (Å²) in [7, 11) is 0. The second kappa shape index (κ2) is 3.58. The minimum absolute atomic E-state index is 0.169. The number of hydrogen-bond donors (Lipinski definition) is 1. The van der Waals surface area contributed by atoms with Gasteiger partial charge in [-0.05, 0) is 31.0 Å². The van der Waals surface area contributed by atoms with E-state index in [0.717, 1.165) is 30.8 Å². The van der Waals surface area contributed by atoms with Crippen LogP contribution < -0.4 is 10.6 Å². The summed E-state index contributed by atoms with van der Waals surface area (Å²) >= 11 is 0. The second-order valence-electron chi connectivity index (χ2n) is 3.78. The van der Waals surface area contributed by atoms with Crippen LogP contribution in [0.15, 0.2) is 18.2 Å². The summed E-state index contributed by atoms with van der Waals surface area (Å²) < 4.78 is 13.0. The fraction of sp³-hybridized carbons (Fsp3) is 0.455. The zero-order valence-electron chi connectivity index (χ0n) is 8.33. The number of hydrogen-bond acceptors (Lipinski definition) is 2. The highest BCUT2D eigenvalue weighted by Gasteiger charge is 2.20. The highest BCUT2D eigenvalue weighted by Crippen LogP contribution is 2.26. The number of rotatable bonds is 1. The Kier molecular flexibility index (Phi) is 2.42. The number of halogens is 1. The molecule has 0 saturated heterocycles. The van der Waals surface area contributed by atoms with E-state index >= 15 is 0 Å². The molecule has 0 spiro atoms. The summed E-state index contributed by atoms with van der Waals surface area (Å²) in [4.78, 5) is 2.13. The Bertz CT molecular complexity index is 338. The van der Waals surface area contributed by atoms with E-state index in [1.807, 2.05) is 6.07 Å². The summed E-state index contributed by atoms with van der Waals surface area (Å²) in [6, 6.07) is 5.12. The largest absolute Gasteiger partial charge is 0.370 e. The molecule has 1 unspecified atom stereocenters. The molecule has 0 saturated carbocycles. The van der Waals surface area contributed by atoms with Crippen LogP contribution in [-0.4, -0.2) is 19.1 Å². The molecule has 1 heterocycles. The first-order valence-corrected chi connectivity index (χ1v) is 4.99. The summed E-state index contributed by atoms with van der Waals surface area (Å²) in [5.41, 5.74) is 8.09. The Morgan fingerprint density at radius 1 is 1.57 bits per heavy atom. The molecule has 1 aliphatic rings. The molecule has 0 fully saturated rings. The molecule has 3 heteroatoms. The maximum absolute atomic E-state index is 13.0. The molecule has 1 aliphatic heterocycles. The average molecular weight is 194 g/mol. The molecular formula is C11H15FN2. The van der Waals surface area contributed by atoms with Crippen molar-refractivity contribution in [3.05, 3.63) is 29.6 Å². The number of likely N-dealkylation sites (N-methyl/N-ethyl adjacent to an activating group) is 1. The van der Waals surface area contributed by atoms with Crippen LogP contribution >= 0.6 is 0 Å². The van der Waals surface area contributed by atoms with Crippen LogP contribution in [0.1, 0.15) is 12.5 Å². The number of nitrogens with zero attached hydrogens (tertiary/aromatic N) is 1. The normalized spacial score (nSPS) is 20.8. The maximum atomic E-state index is 13.0. The molecule has 0 radical (unpaired) electrons. The van der Waals surface area contributed by atoms with Crippen molar-refractivity contribution in [1.29, 1.82) is 0 Å². The number of anilines is 1. The maximum Gasteiger partial charge on any atom is 0.125 e. The Balaban J connectivity index is 2.41. The fourth-order valence-corrected chi connectivity index (χ4v) is 2.03. The molecule has 1 atom stereocenters. The third kappa shape index (κ3) is 1.60. The molecule has 14 heavy (non-hydrogen) atoms. The van der Waals surface area contributed by atoms with Crippen molar-refractivity contribution < 1.29 is 4.39 Å². The SMILES string of the molecule is CCN1CC(N)Cc2ccc(F)cc21. The molecule has 0 aliphatic carbocycles. The zero-order valence-corrected chi connectivity index (χ0v) is 8.33. The molecule has 2 rings (SSSR count). The van der Waals surface area contributed by atoms with E-state index in [-0.39, 0.29) is 11.9 Å². The molecule has 0 bridgehead atoms. The first kappa shape index (κ1) is 9.46. The molecule has 1 aromatic rings. The highest BCUT2D eigenvalue weighted by atomic mass is 19.1. The quantitative estimate of drug-likeness (QED) is 0.734. The van der Waals surface area contributed by atoms with E-state index in [9.17, 15) is 4.39 Å². The van der Waals surface area contributed by atoms with Gasteiger partial charge in [0.05, 0.1) is 0 Å². The monoisotopic (exact) mass is 194 g/mol. The van der Waals surface area contributed by atoms with E-state index < -0.39 is 0 Å². The van der Waals surface area contributed by atoms with Crippen LogP contribution in [0.2, 0.25) is 0 Å². The van der Waals surface area contributed by atoms with Gasteiger partial charge >= 0.3 is 0 Å². The van der Waals surface area contributed by atoms with Crippen LogP contribution in [0.25, 0.3) is 0 Å². The van der Waals surface area contributed by atoms with Crippen molar-refractivity contribution in [2.24, 2.45) is 5.73 Å². The minimum Gasteiger partial charge on any atom is -0.370 e. The van der Waals surface area contributed by atoms with Gasteiger partial charge in [0.1, 0.15) is 5.82 Å². The Hall–Kier alpha value is -1.09. The zero-order chi connectivity index (χ0) is 10.1. The van der Waals surface area contributed by atoms with Crippen LogP contribution in [0.5, 0.6) is 0 Å². The molecule has 2 N–H and O–H groups in total. The smallest absolute Gasteiger partial charge is 0.125 e. The first-order chi connectivity index (χ1) is 6.70. The minimum atomic E-state index is -0.169. The van der Waals surface area contributed by atoms with Crippen LogP contribution in [0, 0.1) is 5.82 Å². The Labute approximate surface area is 83.5 Å². The van der Waals surface area contributed by atoms with E-state index in [1.54, 1.807) is 6.07 Å². The second-order valence-corrected chi connectivity index (χ2v) is 3.78. The Morgan fingerprint density at radius 2 is 2.36 bits per heavy atom. The molecular weight excluding hydrogens is 179 g/mol. The molecule has 1 aromatic carbocycles. The van der Waals surface area contributed by atoms with Gasteiger partial charge in [-0.3, -0.25) is 0 Å². The molecule has 0 aromatic heterocycles. The average Bonchev–Trinajstić information content (AvgIpc) is 2.17. The highest BCUT2D eigenvalue weighted by molar-refractivity contribution is 5.56. The third-order valence-electron chi connectivity index (χ3n) is 2.71. The molecule has 76 valence electrons. The van der Waals surface area contributed by atoms with Gasteiger partial charge in [-0.15, -0.1) is 0 Å². The van der Waals surface area contributed by atoms with E-state index in [2.05, 4.69) is 11.8 Å². The van der Waals surface area contributed by atoms with Crippen LogP contribution in [0.4, 0.5) is 10.1 Å². The number of fused-ring (bicyclic) bond motifs is 1. The number of nitrogens with two attached hydrogens (primary N) is 1. The lowest BCUT2D eigenvalue weighted by molar-refractivity contribution is 0.593. The van der Waals surface area contributed by atoms with Gasteiger partial charge in [-0.25, -0.2) is 4.39 Å². The molecule has 2 nitrogen and oxygen atoms in total. The van der Waals surface area contributed by atoms with E-state index in [1.165, 1.54) is 6.07 Å². The Morgan fingerprint density at radius 3 is 3.07 bits per heavy atom. The lowest BCUT2D eigenvalue weighted by atomic mass is 9.98. The van der Waals surface area contributed by atoms with Crippen molar-refractivity contribution in [2.75, 3.05) is 18.0 Å². The topological polar surface area (TPSA) is 29.3 Å². The third-order valence-corrected chi connectivity index (χ3v) is 2.71. The predicted molar refractivity (Wildman–Crippen MR) is 56.0 cm³/mol. The standard InChI is InChI=1S/C11H15FN2/c1-2-14-7-10(13)5-8-3-4-9(12)6-11(8)14/h3-4,6,10H,2,5,7,13H2,1H3. The van der Waals surface area contributed by atoms with Crippen molar-refractivity contribution in [1.82, 2.24) is 0 Å². The first-order valence-electron chi connectivity index (χ1n) is 4.99. The van der Waals surface area contributed by atoms with Crippen LogP contribution in [0.3, 0.4) is 0 Å².